The van der Waals surface area contributed by atoms with Crippen LogP contribution < -0.4 is 4.74 Å². The third kappa shape index (κ3) is 3.50. The lowest BCUT2D eigenvalue weighted by Crippen LogP contribution is -2.14. The molecule has 2 aliphatic rings. The Morgan fingerprint density at radius 3 is 2.58 bits per heavy atom. The summed E-state index contributed by atoms with van der Waals surface area (Å²) in [4.78, 5) is 8.87. The smallest absolute Gasteiger partial charge is 0.217 e. The first-order chi connectivity index (χ1) is 15.0. The second-order valence-corrected chi connectivity index (χ2v) is 7.92. The van der Waals surface area contributed by atoms with E-state index in [1.165, 1.54) is 23.8 Å². The Morgan fingerprint density at radius 2 is 1.81 bits per heavy atom. The van der Waals surface area contributed by atoms with E-state index in [-0.39, 0.29) is 28.6 Å². The van der Waals surface area contributed by atoms with Crippen LogP contribution in [0, 0.1) is 5.92 Å². The average molecular weight is 414 g/mol. The number of benzene rings is 2. The quantitative estimate of drug-likeness (QED) is 0.567. The summed E-state index contributed by atoms with van der Waals surface area (Å²) in [5, 5.41) is 30.1. The zero-order valence-corrected chi connectivity index (χ0v) is 17.0. The van der Waals surface area contributed by atoms with Crippen LogP contribution in [0.25, 0.3) is 28.7 Å². The van der Waals surface area contributed by atoms with Crippen molar-refractivity contribution in [2.24, 2.45) is 5.92 Å². The van der Waals surface area contributed by atoms with E-state index in [1.807, 2.05) is 6.07 Å². The predicted octanol–water partition coefficient (Wildman–Crippen LogP) is 4.84. The summed E-state index contributed by atoms with van der Waals surface area (Å²) in [6.45, 7) is 0. The van der Waals surface area contributed by atoms with Crippen LogP contribution >= 0.6 is 0 Å². The van der Waals surface area contributed by atoms with Gasteiger partial charge in [-0.05, 0) is 47.9 Å². The number of phenolic OH excluding ortho intramolecular Hbond substituents is 3. The van der Waals surface area contributed by atoms with Gasteiger partial charge in [0.05, 0.1) is 12.8 Å². The molecule has 0 saturated heterocycles. The molecule has 6 nitrogen and oxygen atoms in total. The lowest BCUT2D eigenvalue weighted by molar-refractivity contribution is 0.397. The van der Waals surface area contributed by atoms with Crippen LogP contribution in [0.15, 0.2) is 54.1 Å². The van der Waals surface area contributed by atoms with Crippen molar-refractivity contribution in [2.45, 2.75) is 19.3 Å². The van der Waals surface area contributed by atoms with Gasteiger partial charge in [-0.2, -0.15) is 4.98 Å². The van der Waals surface area contributed by atoms with Crippen molar-refractivity contribution in [1.82, 2.24) is 9.97 Å². The Hall–Kier alpha value is -3.80. The highest BCUT2D eigenvalue weighted by atomic mass is 16.5. The third-order valence-electron chi connectivity index (χ3n) is 5.91. The first-order valence-electron chi connectivity index (χ1n) is 10.2. The number of ether oxygens (including phenoxy) is 1. The maximum atomic E-state index is 10.3. The van der Waals surface area contributed by atoms with Gasteiger partial charge in [0.2, 0.25) is 5.88 Å². The van der Waals surface area contributed by atoms with Crippen LogP contribution in [-0.4, -0.2) is 32.4 Å². The summed E-state index contributed by atoms with van der Waals surface area (Å²) in [5.41, 5.74) is 5.46. The molecule has 1 aromatic heterocycles. The topological polar surface area (TPSA) is 95.7 Å². The average Bonchev–Trinajstić information content (AvgIpc) is 2.76. The molecule has 0 saturated carbocycles. The van der Waals surface area contributed by atoms with E-state index in [0.29, 0.717) is 17.5 Å². The maximum absolute atomic E-state index is 10.3. The molecular formula is C25H22N2O4. The molecule has 3 N–H and O–H groups in total. The summed E-state index contributed by atoms with van der Waals surface area (Å²) < 4.78 is 5.34. The molecule has 1 heterocycles. The van der Waals surface area contributed by atoms with Gasteiger partial charge in [-0.1, -0.05) is 30.4 Å². The van der Waals surface area contributed by atoms with Crippen molar-refractivity contribution < 1.29 is 20.1 Å². The van der Waals surface area contributed by atoms with Crippen molar-refractivity contribution in [3.8, 4) is 45.8 Å². The van der Waals surface area contributed by atoms with Crippen LogP contribution in [0.2, 0.25) is 0 Å². The molecule has 31 heavy (non-hydrogen) atoms. The van der Waals surface area contributed by atoms with E-state index < -0.39 is 0 Å². The largest absolute Gasteiger partial charge is 0.508 e. The zero-order chi connectivity index (χ0) is 21.5. The number of phenols is 3. The first-order valence-corrected chi connectivity index (χ1v) is 10.2. The van der Waals surface area contributed by atoms with Gasteiger partial charge in [0, 0.05) is 23.8 Å². The normalized spacial score (nSPS) is 16.9. The zero-order valence-electron chi connectivity index (χ0n) is 17.0. The highest BCUT2D eigenvalue weighted by Crippen LogP contribution is 2.41. The lowest BCUT2D eigenvalue weighted by atomic mass is 9.78. The number of hydrogen-bond acceptors (Lipinski definition) is 6. The van der Waals surface area contributed by atoms with Crippen molar-refractivity contribution in [1.29, 1.82) is 0 Å². The molecule has 0 bridgehead atoms. The van der Waals surface area contributed by atoms with Gasteiger partial charge >= 0.3 is 0 Å². The Labute approximate surface area is 179 Å². The van der Waals surface area contributed by atoms with Gasteiger partial charge in [0.1, 0.15) is 22.8 Å². The molecule has 0 spiro atoms. The number of allylic oxidation sites excluding steroid dienone is 3. The lowest BCUT2D eigenvalue weighted by Gasteiger charge is -2.27. The fourth-order valence-electron chi connectivity index (χ4n) is 4.35. The summed E-state index contributed by atoms with van der Waals surface area (Å²) in [6, 6.07) is 10.2. The van der Waals surface area contributed by atoms with Gasteiger partial charge in [-0.3, -0.25) is 0 Å². The van der Waals surface area contributed by atoms with E-state index in [1.54, 1.807) is 6.07 Å². The minimum absolute atomic E-state index is 0.0393. The number of rotatable bonds is 3. The number of aromatic hydroxyl groups is 3. The fourth-order valence-corrected chi connectivity index (χ4v) is 4.35. The molecule has 3 aromatic rings. The number of methoxy groups -OCH3 is 1. The van der Waals surface area contributed by atoms with Crippen LogP contribution in [-0.2, 0) is 6.42 Å². The molecule has 0 aliphatic heterocycles. The SMILES string of the molecule is COc1cc(-c2ccc3c(c2)CC2CCC=CC2=C3)nc(-c2c(O)cc(O)cc2O)n1. The Bertz CT molecular complexity index is 1220. The predicted molar refractivity (Wildman–Crippen MR) is 118 cm³/mol. The molecule has 1 atom stereocenters. The number of nitrogens with zero attached hydrogens (tertiary/aromatic N) is 2. The summed E-state index contributed by atoms with van der Waals surface area (Å²) in [5.74, 6) is 0.0943. The van der Waals surface area contributed by atoms with Crippen molar-refractivity contribution in [2.75, 3.05) is 7.11 Å². The molecule has 156 valence electrons. The van der Waals surface area contributed by atoms with Crippen LogP contribution in [0.5, 0.6) is 23.1 Å². The second-order valence-electron chi connectivity index (χ2n) is 7.92. The van der Waals surface area contributed by atoms with E-state index in [4.69, 9.17) is 4.74 Å². The van der Waals surface area contributed by atoms with Gasteiger partial charge in [-0.25, -0.2) is 4.98 Å². The summed E-state index contributed by atoms with van der Waals surface area (Å²) in [7, 11) is 1.50. The van der Waals surface area contributed by atoms with Gasteiger partial charge in [0.15, 0.2) is 5.82 Å². The molecule has 6 heteroatoms. The number of aromatic nitrogens is 2. The van der Waals surface area contributed by atoms with E-state index in [0.717, 1.165) is 37.0 Å². The fraction of sp³-hybridized carbons (Fsp3) is 0.200. The standard InChI is InChI=1S/C25H22N2O4/c1-31-23-13-20(26-25(27-23)24-21(29)11-19(28)12-22(24)30)17-7-6-16-8-14-4-2-3-5-15(14)9-18(16)10-17/h2,4,6-8,10-13,15,28-30H,3,5,9H2,1H3. The van der Waals surface area contributed by atoms with Gasteiger partial charge < -0.3 is 20.1 Å². The summed E-state index contributed by atoms with van der Waals surface area (Å²) in [6.07, 6.45) is 10.0. The number of fused-ring (bicyclic) bond motifs is 2. The monoisotopic (exact) mass is 414 g/mol. The molecular weight excluding hydrogens is 392 g/mol. The molecule has 1 unspecified atom stereocenters. The van der Waals surface area contributed by atoms with Crippen LogP contribution in [0.4, 0.5) is 0 Å². The Balaban J connectivity index is 1.60. The molecule has 2 aliphatic carbocycles. The number of hydrogen-bond donors (Lipinski definition) is 3. The highest BCUT2D eigenvalue weighted by Gasteiger charge is 2.23. The molecule has 0 radical (unpaired) electrons. The van der Waals surface area contributed by atoms with E-state index >= 15 is 0 Å². The van der Waals surface area contributed by atoms with Crippen LogP contribution in [0.1, 0.15) is 24.0 Å². The van der Waals surface area contributed by atoms with Crippen LogP contribution in [0.3, 0.4) is 0 Å². The molecule has 0 amide bonds. The van der Waals surface area contributed by atoms with Gasteiger partial charge in [0.25, 0.3) is 0 Å². The summed E-state index contributed by atoms with van der Waals surface area (Å²) >= 11 is 0. The van der Waals surface area contributed by atoms with E-state index in [9.17, 15) is 15.3 Å². The molecule has 2 aromatic carbocycles. The third-order valence-corrected chi connectivity index (χ3v) is 5.91. The second kappa shape index (κ2) is 7.47. The van der Waals surface area contributed by atoms with Crippen molar-refractivity contribution in [3.05, 3.63) is 65.3 Å². The maximum Gasteiger partial charge on any atom is 0.217 e. The van der Waals surface area contributed by atoms with E-state index in [2.05, 4.69) is 40.3 Å². The minimum atomic E-state index is -0.315. The molecule has 5 rings (SSSR count). The van der Waals surface area contributed by atoms with Crippen molar-refractivity contribution >= 4 is 6.08 Å². The van der Waals surface area contributed by atoms with Gasteiger partial charge in [-0.15, -0.1) is 0 Å². The first kappa shape index (κ1) is 19.2. The highest BCUT2D eigenvalue weighted by molar-refractivity contribution is 5.76. The minimum Gasteiger partial charge on any atom is -0.508 e. The Morgan fingerprint density at radius 1 is 1.00 bits per heavy atom. The Kier molecular flexibility index (Phi) is 4.62. The molecule has 0 fully saturated rings. The van der Waals surface area contributed by atoms with Crippen molar-refractivity contribution in [3.63, 3.8) is 0 Å².